The van der Waals surface area contributed by atoms with Crippen LogP contribution in [-0.2, 0) is 0 Å². The molecule has 0 radical (unpaired) electrons. The van der Waals surface area contributed by atoms with Gasteiger partial charge in [-0.25, -0.2) is 0 Å². The summed E-state index contributed by atoms with van der Waals surface area (Å²) in [5.41, 5.74) is 11.6. The average molecular weight is 336 g/mol. The molecule has 0 spiro atoms. The number of nitrogens with one attached hydrogen (secondary N) is 1. The van der Waals surface area contributed by atoms with E-state index >= 15 is 0 Å². The Balaban J connectivity index is 0.00000146. The number of benzene rings is 2. The number of nitrogens with two attached hydrogens (primary N) is 1. The number of nitrogens with zero attached hydrogens (tertiary/aromatic N) is 1. The van der Waals surface area contributed by atoms with E-state index in [1.807, 2.05) is 6.20 Å². The summed E-state index contributed by atoms with van der Waals surface area (Å²) in [6, 6.07) is 19.5. The number of aromatic amines is 1. The molecule has 4 aromatic rings. The zero-order valence-corrected chi connectivity index (χ0v) is 13.9. The normalized spacial score (nSPS) is 19.4. The van der Waals surface area contributed by atoms with Crippen LogP contribution in [0.2, 0.25) is 0 Å². The Morgan fingerprint density at radius 1 is 0.958 bits per heavy atom. The first-order chi connectivity index (χ1) is 11.3. The number of rotatable bonds is 2. The van der Waals surface area contributed by atoms with Crippen molar-refractivity contribution in [2.24, 2.45) is 5.73 Å². The number of H-pyrrole nitrogens is 1. The molecule has 0 saturated heterocycles. The standard InChI is InChI=1S/C20H17N3.ClH/c21-17-10-16(17)13-6-8-18(22-11-13)12-5-7-15-14-3-1-2-4-19(14)23-20(15)9-12;/h1-9,11,16-17,23H,10,21H2;1H/t16-,17+;/m1./s1. The molecule has 1 saturated carbocycles. The smallest absolute Gasteiger partial charge is 0.0702 e. The largest absolute Gasteiger partial charge is 0.354 e. The van der Waals surface area contributed by atoms with Gasteiger partial charge in [0.25, 0.3) is 0 Å². The fourth-order valence-corrected chi connectivity index (χ4v) is 3.41. The summed E-state index contributed by atoms with van der Waals surface area (Å²) < 4.78 is 0. The summed E-state index contributed by atoms with van der Waals surface area (Å²) in [7, 11) is 0. The molecular weight excluding hydrogens is 318 g/mol. The minimum Gasteiger partial charge on any atom is -0.354 e. The fourth-order valence-electron chi connectivity index (χ4n) is 3.41. The lowest BCUT2D eigenvalue weighted by Gasteiger charge is -2.03. The first-order valence-electron chi connectivity index (χ1n) is 8.02. The summed E-state index contributed by atoms with van der Waals surface area (Å²) in [5.74, 6) is 0.507. The van der Waals surface area contributed by atoms with Crippen molar-refractivity contribution in [3.8, 4) is 11.3 Å². The van der Waals surface area contributed by atoms with E-state index in [0.717, 1.165) is 23.2 Å². The first kappa shape index (κ1) is 15.2. The van der Waals surface area contributed by atoms with Gasteiger partial charge in [-0.05, 0) is 30.2 Å². The molecule has 1 aliphatic carbocycles. The van der Waals surface area contributed by atoms with Crippen molar-refractivity contribution in [2.75, 3.05) is 0 Å². The first-order valence-corrected chi connectivity index (χ1v) is 8.02. The van der Waals surface area contributed by atoms with E-state index in [4.69, 9.17) is 5.73 Å². The lowest BCUT2D eigenvalue weighted by molar-refractivity contribution is 0.981. The summed E-state index contributed by atoms with van der Waals surface area (Å²) in [4.78, 5) is 8.13. The maximum Gasteiger partial charge on any atom is 0.0702 e. The molecule has 5 rings (SSSR count). The van der Waals surface area contributed by atoms with Gasteiger partial charge in [0.2, 0.25) is 0 Å². The van der Waals surface area contributed by atoms with Crippen LogP contribution in [0.5, 0.6) is 0 Å². The highest BCUT2D eigenvalue weighted by Crippen LogP contribution is 2.39. The van der Waals surface area contributed by atoms with Crippen molar-refractivity contribution in [1.82, 2.24) is 9.97 Å². The molecule has 2 atom stereocenters. The summed E-state index contributed by atoms with van der Waals surface area (Å²) >= 11 is 0. The van der Waals surface area contributed by atoms with Gasteiger partial charge in [0.15, 0.2) is 0 Å². The maximum absolute atomic E-state index is 5.91. The summed E-state index contributed by atoms with van der Waals surface area (Å²) in [6.07, 6.45) is 3.06. The topological polar surface area (TPSA) is 54.7 Å². The van der Waals surface area contributed by atoms with Gasteiger partial charge in [-0.2, -0.15) is 0 Å². The van der Waals surface area contributed by atoms with Crippen molar-refractivity contribution in [2.45, 2.75) is 18.4 Å². The molecule has 4 heteroatoms. The maximum atomic E-state index is 5.91. The number of halogens is 1. The van der Waals surface area contributed by atoms with E-state index in [2.05, 4.69) is 64.6 Å². The van der Waals surface area contributed by atoms with Crippen molar-refractivity contribution < 1.29 is 0 Å². The van der Waals surface area contributed by atoms with Gasteiger partial charge >= 0.3 is 0 Å². The number of pyridine rings is 1. The Bertz CT molecular complexity index is 1020. The number of para-hydroxylation sites is 1. The molecule has 2 heterocycles. The van der Waals surface area contributed by atoms with E-state index in [0.29, 0.717) is 12.0 Å². The van der Waals surface area contributed by atoms with Crippen LogP contribution in [0.1, 0.15) is 17.9 Å². The van der Waals surface area contributed by atoms with Crippen LogP contribution in [-0.4, -0.2) is 16.0 Å². The van der Waals surface area contributed by atoms with Crippen LogP contribution in [0.4, 0.5) is 0 Å². The molecule has 1 fully saturated rings. The molecule has 0 amide bonds. The van der Waals surface area contributed by atoms with Gasteiger partial charge in [-0.3, -0.25) is 4.98 Å². The Labute approximate surface area is 146 Å². The molecule has 0 bridgehead atoms. The second-order valence-corrected chi connectivity index (χ2v) is 6.41. The zero-order valence-electron chi connectivity index (χ0n) is 13.1. The van der Waals surface area contributed by atoms with E-state index < -0.39 is 0 Å². The number of hydrogen-bond acceptors (Lipinski definition) is 2. The molecule has 120 valence electrons. The lowest BCUT2D eigenvalue weighted by Crippen LogP contribution is -2.01. The molecule has 2 aromatic heterocycles. The zero-order chi connectivity index (χ0) is 15.4. The van der Waals surface area contributed by atoms with Gasteiger partial charge in [-0.1, -0.05) is 36.4 Å². The lowest BCUT2D eigenvalue weighted by atomic mass is 10.1. The number of aromatic nitrogens is 2. The van der Waals surface area contributed by atoms with Crippen molar-refractivity contribution in [3.63, 3.8) is 0 Å². The minimum absolute atomic E-state index is 0. The SMILES string of the molecule is Cl.N[C@H]1C[C@@H]1c1ccc(-c2ccc3c(c2)[nH]c2ccccc23)nc1. The Kier molecular flexibility index (Phi) is 3.56. The predicted molar refractivity (Wildman–Crippen MR) is 102 cm³/mol. The average Bonchev–Trinajstić information content (AvgIpc) is 3.21. The fraction of sp³-hybridized carbons (Fsp3) is 0.150. The third-order valence-corrected chi connectivity index (χ3v) is 4.86. The van der Waals surface area contributed by atoms with Crippen LogP contribution in [0, 0.1) is 0 Å². The molecule has 1 aliphatic rings. The number of fused-ring (bicyclic) bond motifs is 3. The number of hydrogen-bond donors (Lipinski definition) is 2. The van der Waals surface area contributed by atoms with Gasteiger partial charge in [0.1, 0.15) is 0 Å². The van der Waals surface area contributed by atoms with Crippen LogP contribution in [0.25, 0.3) is 33.1 Å². The van der Waals surface area contributed by atoms with Gasteiger partial charge in [-0.15, -0.1) is 12.4 Å². The summed E-state index contributed by atoms with van der Waals surface area (Å²) in [6.45, 7) is 0. The van der Waals surface area contributed by atoms with Crippen molar-refractivity contribution >= 4 is 34.2 Å². The van der Waals surface area contributed by atoms with Gasteiger partial charge < -0.3 is 10.7 Å². The van der Waals surface area contributed by atoms with Crippen LogP contribution >= 0.6 is 12.4 Å². The quantitative estimate of drug-likeness (QED) is 0.561. The van der Waals surface area contributed by atoms with E-state index in [1.165, 1.54) is 21.9 Å². The Morgan fingerprint density at radius 2 is 1.75 bits per heavy atom. The minimum atomic E-state index is 0. The monoisotopic (exact) mass is 335 g/mol. The highest BCUT2D eigenvalue weighted by Gasteiger charge is 2.34. The third kappa shape index (κ3) is 2.37. The molecule has 24 heavy (non-hydrogen) atoms. The van der Waals surface area contributed by atoms with Crippen molar-refractivity contribution in [3.05, 3.63) is 66.4 Å². The molecular formula is C20H18ClN3. The summed E-state index contributed by atoms with van der Waals surface area (Å²) in [5, 5.41) is 2.52. The highest BCUT2D eigenvalue weighted by atomic mass is 35.5. The molecule has 2 aromatic carbocycles. The third-order valence-electron chi connectivity index (χ3n) is 4.86. The molecule has 0 aliphatic heterocycles. The highest BCUT2D eigenvalue weighted by molar-refractivity contribution is 6.08. The molecule has 3 nitrogen and oxygen atoms in total. The predicted octanol–water partition coefficient (Wildman–Crippen LogP) is 4.62. The second-order valence-electron chi connectivity index (χ2n) is 6.41. The Hall–Kier alpha value is -2.36. The van der Waals surface area contributed by atoms with E-state index in [9.17, 15) is 0 Å². The second kappa shape index (κ2) is 5.62. The Morgan fingerprint density at radius 3 is 2.50 bits per heavy atom. The van der Waals surface area contributed by atoms with Crippen LogP contribution < -0.4 is 5.73 Å². The van der Waals surface area contributed by atoms with E-state index in [-0.39, 0.29) is 12.4 Å². The van der Waals surface area contributed by atoms with Gasteiger partial charge in [0.05, 0.1) is 5.69 Å². The van der Waals surface area contributed by atoms with Crippen LogP contribution in [0.15, 0.2) is 60.8 Å². The molecule has 0 unspecified atom stereocenters. The van der Waals surface area contributed by atoms with Crippen molar-refractivity contribution in [1.29, 1.82) is 0 Å². The molecule has 3 N–H and O–H groups in total. The van der Waals surface area contributed by atoms with E-state index in [1.54, 1.807) is 0 Å². The van der Waals surface area contributed by atoms with Gasteiger partial charge in [0, 0.05) is 45.5 Å². The van der Waals surface area contributed by atoms with Crippen LogP contribution in [0.3, 0.4) is 0 Å².